The molecule has 1 aromatic carbocycles. The predicted molar refractivity (Wildman–Crippen MR) is 128 cm³/mol. The Hall–Kier alpha value is -3.94. The van der Waals surface area contributed by atoms with E-state index in [0.29, 0.717) is 21.9 Å². The van der Waals surface area contributed by atoms with Gasteiger partial charge in [0, 0.05) is 28.6 Å². The molecule has 1 aliphatic rings. The van der Waals surface area contributed by atoms with Crippen molar-refractivity contribution in [1.29, 1.82) is 5.26 Å². The lowest BCUT2D eigenvalue weighted by atomic mass is 9.95. The molecule has 0 bridgehead atoms. The molecule has 0 fully saturated rings. The van der Waals surface area contributed by atoms with Gasteiger partial charge in [0.1, 0.15) is 28.2 Å². The van der Waals surface area contributed by atoms with E-state index in [-0.39, 0.29) is 22.0 Å². The Bertz CT molecular complexity index is 1400. The molecule has 2 aromatic heterocycles. The molecule has 0 saturated heterocycles. The number of nitriles is 1. The van der Waals surface area contributed by atoms with Crippen molar-refractivity contribution in [2.75, 3.05) is 5.32 Å². The highest BCUT2D eigenvalue weighted by Gasteiger charge is 2.25. The maximum Gasteiger partial charge on any atom is 0.270 e. The van der Waals surface area contributed by atoms with Crippen LogP contribution in [0.4, 0.5) is 10.7 Å². The molecule has 1 aliphatic carbocycles. The summed E-state index contributed by atoms with van der Waals surface area (Å²) in [5.74, 6) is -0.801. The standard InChI is InChI=1S/C23H17ClN4O5S/c24-17-10-13(28(31)32)5-7-15(17)18-8-6-14(33-18)9-12(11-25)22(30)27-23-20(21(26)29)16-3-1-2-4-19(16)34-23/h5-10H,1-4H2,(H2,26,29)(H,27,30)/b12-9-. The van der Waals surface area contributed by atoms with E-state index in [9.17, 15) is 25.0 Å². The molecule has 2 heterocycles. The van der Waals surface area contributed by atoms with Gasteiger partial charge in [-0.25, -0.2) is 0 Å². The zero-order valence-electron chi connectivity index (χ0n) is 17.6. The van der Waals surface area contributed by atoms with Crippen LogP contribution in [0.1, 0.15) is 39.4 Å². The van der Waals surface area contributed by atoms with Crippen LogP contribution in [-0.2, 0) is 17.6 Å². The maximum atomic E-state index is 12.8. The van der Waals surface area contributed by atoms with Crippen LogP contribution in [0.5, 0.6) is 0 Å². The third-order valence-corrected chi connectivity index (χ3v) is 6.87. The first-order chi connectivity index (χ1) is 16.3. The fourth-order valence-corrected chi connectivity index (χ4v) is 5.33. The van der Waals surface area contributed by atoms with Gasteiger partial charge in [-0.15, -0.1) is 11.3 Å². The number of hydrogen-bond acceptors (Lipinski definition) is 7. The number of halogens is 1. The number of anilines is 1. The summed E-state index contributed by atoms with van der Waals surface area (Å²) in [6.45, 7) is 0. The fourth-order valence-electron chi connectivity index (χ4n) is 3.77. The largest absolute Gasteiger partial charge is 0.457 e. The second kappa shape index (κ2) is 9.51. The SMILES string of the molecule is N#C/C(=C/c1ccc(-c2ccc([N+](=O)[O-])cc2Cl)o1)C(=O)Nc1sc2c(c1C(N)=O)CCCC2. The molecular formula is C23H17ClN4O5S. The zero-order valence-corrected chi connectivity index (χ0v) is 19.2. The third-order valence-electron chi connectivity index (χ3n) is 5.35. The van der Waals surface area contributed by atoms with Gasteiger partial charge in [0.2, 0.25) is 0 Å². The average molecular weight is 497 g/mol. The van der Waals surface area contributed by atoms with E-state index >= 15 is 0 Å². The highest BCUT2D eigenvalue weighted by atomic mass is 35.5. The van der Waals surface area contributed by atoms with Crippen LogP contribution in [0.3, 0.4) is 0 Å². The number of nitrogens with two attached hydrogens (primary N) is 1. The maximum absolute atomic E-state index is 12.8. The first-order valence-electron chi connectivity index (χ1n) is 10.2. The van der Waals surface area contributed by atoms with Gasteiger partial charge in [0.05, 0.1) is 15.5 Å². The Morgan fingerprint density at radius 1 is 1.26 bits per heavy atom. The molecule has 0 spiro atoms. The number of nitrogens with zero attached hydrogens (tertiary/aromatic N) is 2. The van der Waals surface area contributed by atoms with Gasteiger partial charge in [-0.1, -0.05) is 11.6 Å². The molecule has 4 rings (SSSR count). The topological polar surface area (TPSA) is 152 Å². The minimum atomic E-state index is -0.699. The molecule has 0 atom stereocenters. The van der Waals surface area contributed by atoms with E-state index in [4.69, 9.17) is 21.8 Å². The van der Waals surface area contributed by atoms with Gasteiger partial charge >= 0.3 is 0 Å². The van der Waals surface area contributed by atoms with Crippen LogP contribution in [0, 0.1) is 21.4 Å². The normalized spacial score (nSPS) is 13.1. The number of nitrogens with one attached hydrogen (secondary N) is 1. The molecule has 0 radical (unpaired) electrons. The number of primary amides is 1. The van der Waals surface area contributed by atoms with Crippen molar-refractivity contribution >= 4 is 51.5 Å². The van der Waals surface area contributed by atoms with E-state index in [2.05, 4.69) is 5.32 Å². The van der Waals surface area contributed by atoms with Crippen LogP contribution < -0.4 is 11.1 Å². The van der Waals surface area contributed by atoms with Crippen LogP contribution in [0.15, 0.2) is 40.3 Å². The van der Waals surface area contributed by atoms with E-state index in [1.165, 1.54) is 41.7 Å². The molecule has 3 aromatic rings. The summed E-state index contributed by atoms with van der Waals surface area (Å²) >= 11 is 7.44. The number of hydrogen-bond donors (Lipinski definition) is 2. The zero-order chi connectivity index (χ0) is 24.4. The van der Waals surface area contributed by atoms with Crippen molar-refractivity contribution in [3.05, 3.63) is 72.8 Å². The van der Waals surface area contributed by atoms with Crippen LogP contribution in [-0.4, -0.2) is 16.7 Å². The van der Waals surface area contributed by atoms with Gasteiger partial charge in [-0.05, 0) is 49.4 Å². The lowest BCUT2D eigenvalue weighted by Gasteiger charge is -2.11. The number of carbonyl (C=O) groups is 2. The minimum Gasteiger partial charge on any atom is -0.457 e. The monoisotopic (exact) mass is 496 g/mol. The Morgan fingerprint density at radius 2 is 2.03 bits per heavy atom. The summed E-state index contributed by atoms with van der Waals surface area (Å²) < 4.78 is 5.68. The van der Waals surface area contributed by atoms with Crippen LogP contribution >= 0.6 is 22.9 Å². The number of rotatable bonds is 6. The summed E-state index contributed by atoms with van der Waals surface area (Å²) in [7, 11) is 0. The van der Waals surface area contributed by atoms with Crippen molar-refractivity contribution in [1.82, 2.24) is 0 Å². The van der Waals surface area contributed by atoms with Crippen molar-refractivity contribution in [3.8, 4) is 17.4 Å². The van der Waals surface area contributed by atoms with Crippen molar-refractivity contribution in [2.45, 2.75) is 25.7 Å². The van der Waals surface area contributed by atoms with E-state index < -0.39 is 16.7 Å². The van der Waals surface area contributed by atoms with Gasteiger partial charge in [-0.3, -0.25) is 19.7 Å². The molecule has 9 nitrogen and oxygen atoms in total. The molecule has 0 saturated carbocycles. The third kappa shape index (κ3) is 4.57. The second-order valence-electron chi connectivity index (χ2n) is 7.53. The molecule has 2 amide bonds. The van der Waals surface area contributed by atoms with E-state index in [1.54, 1.807) is 6.07 Å². The Kier molecular flexibility index (Phi) is 6.49. The molecule has 11 heteroatoms. The van der Waals surface area contributed by atoms with Gasteiger partial charge < -0.3 is 15.5 Å². The quantitative estimate of drug-likeness (QED) is 0.210. The average Bonchev–Trinajstić information content (AvgIpc) is 3.41. The smallest absolute Gasteiger partial charge is 0.270 e. The highest BCUT2D eigenvalue weighted by molar-refractivity contribution is 7.17. The number of carbonyl (C=O) groups excluding carboxylic acids is 2. The molecule has 34 heavy (non-hydrogen) atoms. The Labute approximate surface area is 202 Å². The minimum absolute atomic E-state index is 0.123. The summed E-state index contributed by atoms with van der Waals surface area (Å²) in [5.41, 5.74) is 6.76. The molecular weight excluding hydrogens is 480 g/mol. The summed E-state index contributed by atoms with van der Waals surface area (Å²) in [6.07, 6.45) is 4.75. The number of non-ortho nitro benzene ring substituents is 1. The number of nitro groups is 1. The summed E-state index contributed by atoms with van der Waals surface area (Å²) in [4.78, 5) is 36.2. The molecule has 0 aliphatic heterocycles. The van der Waals surface area contributed by atoms with E-state index in [1.807, 2.05) is 6.07 Å². The number of aryl methyl sites for hydroxylation is 1. The van der Waals surface area contributed by atoms with Crippen molar-refractivity contribution in [3.63, 3.8) is 0 Å². The van der Waals surface area contributed by atoms with Gasteiger partial charge in [-0.2, -0.15) is 5.26 Å². The van der Waals surface area contributed by atoms with Crippen molar-refractivity contribution < 1.29 is 18.9 Å². The second-order valence-corrected chi connectivity index (χ2v) is 9.04. The lowest BCUT2D eigenvalue weighted by Crippen LogP contribution is -2.19. The number of amides is 2. The number of thiophene rings is 1. The van der Waals surface area contributed by atoms with Gasteiger partial charge in [0.25, 0.3) is 17.5 Å². The number of furan rings is 1. The number of nitro benzene ring substituents is 1. The van der Waals surface area contributed by atoms with Crippen LogP contribution in [0.25, 0.3) is 17.4 Å². The first-order valence-corrected chi connectivity index (χ1v) is 11.4. The predicted octanol–water partition coefficient (Wildman–Crippen LogP) is 5.09. The number of benzene rings is 1. The Morgan fingerprint density at radius 3 is 2.71 bits per heavy atom. The van der Waals surface area contributed by atoms with E-state index in [0.717, 1.165) is 36.1 Å². The van der Waals surface area contributed by atoms with Crippen molar-refractivity contribution in [2.24, 2.45) is 5.73 Å². The molecule has 172 valence electrons. The molecule has 3 N–H and O–H groups in total. The van der Waals surface area contributed by atoms with Gasteiger partial charge in [0.15, 0.2) is 0 Å². The summed E-state index contributed by atoms with van der Waals surface area (Å²) in [5, 5.41) is 23.5. The Balaban J connectivity index is 1.58. The lowest BCUT2D eigenvalue weighted by molar-refractivity contribution is -0.384. The fraction of sp³-hybridized carbons (Fsp3) is 0.174. The highest BCUT2D eigenvalue weighted by Crippen LogP contribution is 2.38. The summed E-state index contributed by atoms with van der Waals surface area (Å²) in [6, 6.07) is 8.91. The molecule has 0 unspecified atom stereocenters. The van der Waals surface area contributed by atoms with Crippen LogP contribution in [0.2, 0.25) is 5.02 Å². The first kappa shape index (κ1) is 23.2. The number of fused-ring (bicyclic) bond motifs is 1.